The van der Waals surface area contributed by atoms with Crippen molar-refractivity contribution >= 4 is 17.3 Å². The molecule has 0 bridgehead atoms. The van der Waals surface area contributed by atoms with Crippen molar-refractivity contribution in [2.75, 3.05) is 24.2 Å². The van der Waals surface area contributed by atoms with Crippen LogP contribution in [-0.2, 0) is 4.74 Å². The average molecular weight is 276 g/mol. The summed E-state index contributed by atoms with van der Waals surface area (Å²) in [7, 11) is 0. The standard InChI is InChI=1S/C16H24N2O2/c1-3-20-16(19)12-7-8-14(17)15(9-12)18-10-13-6-4-5-11(13)2/h7-9,11,13,18H,3-6,10,17H2,1-2H3. The van der Waals surface area contributed by atoms with E-state index in [2.05, 4.69) is 12.2 Å². The number of anilines is 2. The van der Waals surface area contributed by atoms with E-state index in [4.69, 9.17) is 10.5 Å². The lowest BCUT2D eigenvalue weighted by atomic mass is 9.98. The van der Waals surface area contributed by atoms with Gasteiger partial charge >= 0.3 is 5.97 Å². The lowest BCUT2D eigenvalue weighted by molar-refractivity contribution is 0.0526. The van der Waals surface area contributed by atoms with E-state index in [1.165, 1.54) is 19.3 Å². The number of benzene rings is 1. The van der Waals surface area contributed by atoms with Gasteiger partial charge < -0.3 is 15.8 Å². The molecule has 0 aliphatic heterocycles. The molecule has 1 aliphatic carbocycles. The van der Waals surface area contributed by atoms with E-state index in [-0.39, 0.29) is 5.97 Å². The normalized spacial score (nSPS) is 21.7. The zero-order valence-corrected chi connectivity index (χ0v) is 12.3. The summed E-state index contributed by atoms with van der Waals surface area (Å²) in [5, 5.41) is 3.39. The van der Waals surface area contributed by atoms with E-state index in [1.807, 2.05) is 0 Å². The van der Waals surface area contributed by atoms with E-state index < -0.39 is 0 Å². The fraction of sp³-hybridized carbons (Fsp3) is 0.562. The van der Waals surface area contributed by atoms with E-state index in [0.29, 0.717) is 23.8 Å². The van der Waals surface area contributed by atoms with Crippen LogP contribution in [0.2, 0.25) is 0 Å². The number of carbonyl (C=O) groups excluding carboxylic acids is 1. The lowest BCUT2D eigenvalue weighted by Gasteiger charge is -2.18. The largest absolute Gasteiger partial charge is 0.462 e. The molecule has 0 radical (unpaired) electrons. The number of nitrogen functional groups attached to an aromatic ring is 1. The molecule has 0 amide bonds. The van der Waals surface area contributed by atoms with Crippen molar-refractivity contribution in [1.82, 2.24) is 0 Å². The summed E-state index contributed by atoms with van der Waals surface area (Å²) in [6.07, 6.45) is 3.89. The molecule has 20 heavy (non-hydrogen) atoms. The van der Waals surface area contributed by atoms with Gasteiger partial charge in [-0.05, 0) is 43.4 Å². The van der Waals surface area contributed by atoms with E-state index >= 15 is 0 Å². The van der Waals surface area contributed by atoms with Crippen LogP contribution in [0.5, 0.6) is 0 Å². The van der Waals surface area contributed by atoms with Crippen LogP contribution in [0, 0.1) is 11.8 Å². The second-order valence-corrected chi connectivity index (χ2v) is 5.57. The second kappa shape index (κ2) is 6.64. The maximum absolute atomic E-state index is 11.7. The first-order valence-corrected chi connectivity index (χ1v) is 7.42. The monoisotopic (exact) mass is 276 g/mol. The Morgan fingerprint density at radius 3 is 2.90 bits per heavy atom. The van der Waals surface area contributed by atoms with Crippen LogP contribution in [0.15, 0.2) is 18.2 Å². The molecule has 1 aliphatic rings. The molecule has 4 nitrogen and oxygen atoms in total. The van der Waals surface area contributed by atoms with Crippen molar-refractivity contribution in [3.63, 3.8) is 0 Å². The minimum absolute atomic E-state index is 0.301. The lowest BCUT2D eigenvalue weighted by Crippen LogP contribution is -2.17. The molecule has 3 N–H and O–H groups in total. The van der Waals surface area contributed by atoms with Crippen LogP contribution in [0.3, 0.4) is 0 Å². The molecule has 0 spiro atoms. The first-order valence-electron chi connectivity index (χ1n) is 7.42. The molecule has 2 rings (SSSR count). The number of hydrogen-bond donors (Lipinski definition) is 2. The molecule has 1 aromatic carbocycles. The molecular formula is C16H24N2O2. The van der Waals surface area contributed by atoms with Gasteiger partial charge in [0.05, 0.1) is 23.5 Å². The quantitative estimate of drug-likeness (QED) is 0.640. The smallest absolute Gasteiger partial charge is 0.338 e. The highest BCUT2D eigenvalue weighted by molar-refractivity contribution is 5.92. The third kappa shape index (κ3) is 3.44. The second-order valence-electron chi connectivity index (χ2n) is 5.57. The van der Waals surface area contributed by atoms with Crippen molar-refractivity contribution in [2.45, 2.75) is 33.1 Å². The number of esters is 1. The number of carbonyl (C=O) groups is 1. The minimum atomic E-state index is -0.301. The molecule has 110 valence electrons. The average Bonchev–Trinajstić information content (AvgIpc) is 2.83. The van der Waals surface area contributed by atoms with Crippen LogP contribution in [0.25, 0.3) is 0 Å². The highest BCUT2D eigenvalue weighted by atomic mass is 16.5. The van der Waals surface area contributed by atoms with Gasteiger partial charge in [0.2, 0.25) is 0 Å². The van der Waals surface area contributed by atoms with Crippen LogP contribution >= 0.6 is 0 Å². The number of ether oxygens (including phenoxy) is 1. The fourth-order valence-corrected chi connectivity index (χ4v) is 2.82. The van der Waals surface area contributed by atoms with Crippen molar-refractivity contribution in [2.24, 2.45) is 11.8 Å². The molecule has 4 heteroatoms. The Bertz CT molecular complexity index is 474. The number of rotatable bonds is 5. The molecule has 1 aromatic rings. The van der Waals surface area contributed by atoms with E-state index in [9.17, 15) is 4.79 Å². The molecule has 2 unspecified atom stereocenters. The summed E-state index contributed by atoms with van der Waals surface area (Å²) >= 11 is 0. The summed E-state index contributed by atoms with van der Waals surface area (Å²) in [5.74, 6) is 1.15. The van der Waals surface area contributed by atoms with Crippen molar-refractivity contribution in [3.8, 4) is 0 Å². The van der Waals surface area contributed by atoms with Gasteiger partial charge in [0.25, 0.3) is 0 Å². The first kappa shape index (κ1) is 14.7. The van der Waals surface area contributed by atoms with Gasteiger partial charge in [-0.15, -0.1) is 0 Å². The van der Waals surface area contributed by atoms with E-state index in [1.54, 1.807) is 25.1 Å². The van der Waals surface area contributed by atoms with Crippen molar-refractivity contribution in [3.05, 3.63) is 23.8 Å². The third-order valence-corrected chi connectivity index (χ3v) is 4.16. The molecule has 0 saturated heterocycles. The molecule has 2 atom stereocenters. The summed E-state index contributed by atoms with van der Waals surface area (Å²) < 4.78 is 5.01. The Kier molecular flexibility index (Phi) is 4.88. The van der Waals surface area contributed by atoms with Gasteiger partial charge in [-0.3, -0.25) is 0 Å². The van der Waals surface area contributed by atoms with Gasteiger partial charge in [0.1, 0.15) is 0 Å². The Morgan fingerprint density at radius 2 is 2.25 bits per heavy atom. The Labute approximate surface area is 120 Å². The number of nitrogens with two attached hydrogens (primary N) is 1. The number of hydrogen-bond acceptors (Lipinski definition) is 4. The van der Waals surface area contributed by atoms with Gasteiger partial charge in [-0.2, -0.15) is 0 Å². The predicted octanol–water partition coefficient (Wildman–Crippen LogP) is 3.29. The topological polar surface area (TPSA) is 64.3 Å². The third-order valence-electron chi connectivity index (χ3n) is 4.16. The Balaban J connectivity index is 2.02. The first-order chi connectivity index (χ1) is 9.61. The Hall–Kier alpha value is -1.71. The molecule has 1 saturated carbocycles. The van der Waals surface area contributed by atoms with Crippen LogP contribution < -0.4 is 11.1 Å². The highest BCUT2D eigenvalue weighted by Crippen LogP contribution is 2.32. The van der Waals surface area contributed by atoms with Crippen molar-refractivity contribution in [1.29, 1.82) is 0 Å². The zero-order valence-electron chi connectivity index (χ0n) is 12.3. The van der Waals surface area contributed by atoms with E-state index in [0.717, 1.165) is 18.2 Å². The fourth-order valence-electron chi connectivity index (χ4n) is 2.82. The maximum atomic E-state index is 11.7. The maximum Gasteiger partial charge on any atom is 0.338 e. The summed E-state index contributed by atoms with van der Waals surface area (Å²) in [6, 6.07) is 5.25. The van der Waals surface area contributed by atoms with Gasteiger partial charge in [-0.25, -0.2) is 4.79 Å². The highest BCUT2D eigenvalue weighted by Gasteiger charge is 2.23. The molecule has 1 fully saturated rings. The zero-order chi connectivity index (χ0) is 14.5. The molecule has 0 aromatic heterocycles. The van der Waals surface area contributed by atoms with Crippen molar-refractivity contribution < 1.29 is 9.53 Å². The minimum Gasteiger partial charge on any atom is -0.462 e. The van der Waals surface area contributed by atoms with Crippen LogP contribution in [0.4, 0.5) is 11.4 Å². The van der Waals surface area contributed by atoms with Gasteiger partial charge in [-0.1, -0.05) is 19.8 Å². The van der Waals surface area contributed by atoms with Gasteiger partial charge in [0, 0.05) is 6.54 Å². The predicted molar refractivity (Wildman–Crippen MR) is 81.8 cm³/mol. The molecule has 0 heterocycles. The summed E-state index contributed by atoms with van der Waals surface area (Å²) in [4.78, 5) is 11.7. The Morgan fingerprint density at radius 1 is 1.45 bits per heavy atom. The SMILES string of the molecule is CCOC(=O)c1ccc(N)c(NCC2CCCC2C)c1. The summed E-state index contributed by atoms with van der Waals surface area (Å²) in [6.45, 7) is 5.40. The van der Waals surface area contributed by atoms with Crippen LogP contribution in [-0.4, -0.2) is 19.1 Å². The summed E-state index contributed by atoms with van der Waals surface area (Å²) in [5.41, 5.74) is 8.01. The molecular weight excluding hydrogens is 252 g/mol. The van der Waals surface area contributed by atoms with Crippen LogP contribution in [0.1, 0.15) is 43.5 Å². The number of nitrogens with one attached hydrogen (secondary N) is 1. The van der Waals surface area contributed by atoms with Gasteiger partial charge in [0.15, 0.2) is 0 Å².